The normalized spacial score (nSPS) is 16.8. The van der Waals surface area contributed by atoms with Crippen LogP contribution in [0.5, 0.6) is 0 Å². The van der Waals surface area contributed by atoms with Crippen molar-refractivity contribution in [2.75, 3.05) is 43.1 Å². The van der Waals surface area contributed by atoms with Crippen LogP contribution in [0.2, 0.25) is 0 Å². The number of rotatable bonds is 13. The van der Waals surface area contributed by atoms with Crippen molar-refractivity contribution in [3.8, 4) is 0 Å². The number of hydrogen-bond donors (Lipinski definition) is 2. The van der Waals surface area contributed by atoms with Crippen molar-refractivity contribution in [2.24, 2.45) is 0 Å². The molecule has 2 heterocycles. The fourth-order valence-electron chi connectivity index (χ4n) is 3.53. The van der Waals surface area contributed by atoms with Crippen molar-refractivity contribution >= 4 is 24.6 Å². The fourth-order valence-corrected chi connectivity index (χ4v) is 5.74. The Bertz CT molecular complexity index is 939. The summed E-state index contributed by atoms with van der Waals surface area (Å²) in [5.74, 6) is 0. The molecule has 1 aliphatic heterocycles. The smallest absolute Gasteiger partial charge is 0.294 e. The maximum absolute atomic E-state index is 13.1. The van der Waals surface area contributed by atoms with Crippen LogP contribution in [-0.4, -0.2) is 42.3 Å². The molecule has 9 nitrogen and oxygen atoms in total. The maximum atomic E-state index is 13.1. The first kappa shape index (κ1) is 23.6. The molecule has 1 unspecified atom stereocenters. The van der Waals surface area contributed by atoms with E-state index in [1.807, 2.05) is 6.92 Å². The van der Waals surface area contributed by atoms with Gasteiger partial charge in [0.25, 0.3) is 18.4 Å². The molecule has 10 heteroatoms. The molecular weight excluding hydrogens is 419 g/mol. The zero-order valence-electron chi connectivity index (χ0n) is 18.0. The minimum absolute atomic E-state index is 0.301. The quantitative estimate of drug-likeness (QED) is 0.268. The van der Waals surface area contributed by atoms with Crippen LogP contribution in [0.25, 0.3) is 0 Å². The lowest BCUT2D eigenvalue weighted by Crippen LogP contribution is -2.36. The number of aromatic nitrogens is 1. The van der Waals surface area contributed by atoms with Crippen molar-refractivity contribution in [3.63, 3.8) is 0 Å². The molecule has 2 N–H and O–H groups in total. The van der Waals surface area contributed by atoms with Crippen LogP contribution in [0.15, 0.2) is 34.1 Å². The van der Waals surface area contributed by atoms with Crippen molar-refractivity contribution in [1.82, 2.24) is 9.82 Å². The van der Waals surface area contributed by atoms with Gasteiger partial charge in [0.15, 0.2) is 0 Å². The number of anilines is 3. The molecule has 0 radical (unpaired) electrons. The summed E-state index contributed by atoms with van der Waals surface area (Å²) in [7, 11) is -2.93. The number of pyridine rings is 1. The van der Waals surface area contributed by atoms with E-state index in [-0.39, 0.29) is 0 Å². The molecule has 1 atom stereocenters. The van der Waals surface area contributed by atoms with Gasteiger partial charge in [0.1, 0.15) is 11.4 Å². The summed E-state index contributed by atoms with van der Waals surface area (Å²) >= 11 is 0. The third-order valence-corrected chi connectivity index (χ3v) is 7.72. The Morgan fingerprint density at radius 2 is 1.84 bits per heavy atom. The van der Waals surface area contributed by atoms with E-state index in [1.165, 1.54) is 0 Å². The van der Waals surface area contributed by atoms with Crippen molar-refractivity contribution in [1.29, 1.82) is 0 Å². The summed E-state index contributed by atoms with van der Waals surface area (Å²) in [6.45, 7) is 4.09. The monoisotopic (exact) mass is 450 g/mol. The minimum atomic E-state index is -2.93. The Labute approximate surface area is 182 Å². The SMILES string of the molecule is CCOP(=O)(CCCCCCNc1c(Nc2ccncc2)c(=O)c1=O)N1CCCCO1. The van der Waals surface area contributed by atoms with E-state index in [9.17, 15) is 14.2 Å². The van der Waals surface area contributed by atoms with E-state index in [4.69, 9.17) is 9.36 Å². The standard InChI is InChI=1S/C21H31N4O5P/c1-2-30-31(28,25-14-6-7-15-29-25)16-8-4-3-5-11-23-18-19(21(27)20(18)26)24-17-9-12-22-13-10-17/h9-10,12-13,23H,2-8,11,14-16H2,1H3,(H,22,24). The molecule has 0 aliphatic carbocycles. The highest BCUT2D eigenvalue weighted by Gasteiger charge is 2.33. The predicted octanol–water partition coefficient (Wildman–Crippen LogP) is 3.65. The summed E-state index contributed by atoms with van der Waals surface area (Å²) < 4.78 is 18.7. The van der Waals surface area contributed by atoms with Crippen LogP contribution in [-0.2, 0) is 13.9 Å². The number of nitrogens with one attached hydrogen (secondary N) is 2. The van der Waals surface area contributed by atoms with Crippen molar-refractivity contribution in [3.05, 3.63) is 45.0 Å². The van der Waals surface area contributed by atoms with Crippen molar-refractivity contribution in [2.45, 2.75) is 45.4 Å². The molecule has 2 aromatic rings. The van der Waals surface area contributed by atoms with E-state index in [1.54, 1.807) is 29.4 Å². The zero-order valence-corrected chi connectivity index (χ0v) is 18.9. The number of hydrogen-bond acceptors (Lipinski definition) is 8. The first-order valence-electron chi connectivity index (χ1n) is 10.9. The van der Waals surface area contributed by atoms with E-state index < -0.39 is 18.4 Å². The highest BCUT2D eigenvalue weighted by molar-refractivity contribution is 7.56. The second-order valence-corrected chi connectivity index (χ2v) is 9.93. The third-order valence-electron chi connectivity index (χ3n) is 5.18. The first-order valence-corrected chi connectivity index (χ1v) is 12.7. The zero-order chi connectivity index (χ0) is 22.1. The number of unbranched alkanes of at least 4 members (excludes halogenated alkanes) is 3. The average Bonchev–Trinajstić information content (AvgIpc) is 2.81. The Hall–Kier alpha value is -2.06. The van der Waals surface area contributed by atoms with Gasteiger partial charge in [-0.3, -0.25) is 24.0 Å². The molecule has 170 valence electrons. The fraction of sp³-hybridized carbons (Fsp3) is 0.571. The Kier molecular flexibility index (Phi) is 8.78. The minimum Gasteiger partial charge on any atom is -0.380 e. The molecule has 3 rings (SSSR count). The van der Waals surface area contributed by atoms with Gasteiger partial charge in [0.2, 0.25) is 0 Å². The van der Waals surface area contributed by atoms with Gasteiger partial charge in [-0.15, -0.1) is 4.83 Å². The molecule has 1 aromatic heterocycles. The second kappa shape index (κ2) is 11.5. The number of nitrogens with zero attached hydrogens (tertiary/aromatic N) is 2. The summed E-state index contributed by atoms with van der Waals surface area (Å²) in [5, 5.41) is 6.05. The summed E-state index contributed by atoms with van der Waals surface area (Å²) in [6, 6.07) is 3.47. The average molecular weight is 450 g/mol. The van der Waals surface area contributed by atoms with Crippen LogP contribution in [0, 0.1) is 0 Å². The Morgan fingerprint density at radius 3 is 2.55 bits per heavy atom. The van der Waals surface area contributed by atoms with E-state index in [2.05, 4.69) is 15.6 Å². The van der Waals surface area contributed by atoms with Crippen LogP contribution in [0.4, 0.5) is 17.1 Å². The molecule has 1 aromatic carbocycles. The topological polar surface area (TPSA) is 110 Å². The van der Waals surface area contributed by atoms with Gasteiger partial charge in [-0.05, 0) is 44.7 Å². The molecule has 1 aliphatic rings. The van der Waals surface area contributed by atoms with Gasteiger partial charge in [-0.25, -0.2) is 0 Å². The predicted molar refractivity (Wildman–Crippen MR) is 122 cm³/mol. The highest BCUT2D eigenvalue weighted by Crippen LogP contribution is 2.52. The Morgan fingerprint density at radius 1 is 1.10 bits per heavy atom. The first-order chi connectivity index (χ1) is 15.0. The Balaban J connectivity index is 1.38. The third kappa shape index (κ3) is 6.23. The van der Waals surface area contributed by atoms with Crippen LogP contribution >= 0.6 is 7.52 Å². The molecule has 1 fully saturated rings. The maximum Gasteiger partial charge on any atom is 0.294 e. The van der Waals surface area contributed by atoms with Gasteiger partial charge >= 0.3 is 0 Å². The summed E-state index contributed by atoms with van der Waals surface area (Å²) in [5.41, 5.74) is 0.350. The second-order valence-electron chi connectivity index (χ2n) is 7.51. The molecule has 1 saturated heterocycles. The van der Waals surface area contributed by atoms with Crippen LogP contribution in [0.3, 0.4) is 0 Å². The van der Waals surface area contributed by atoms with E-state index >= 15 is 0 Å². The lowest BCUT2D eigenvalue weighted by Gasteiger charge is -2.32. The molecular formula is C21H31N4O5P. The molecule has 0 bridgehead atoms. The van der Waals surface area contributed by atoms with Gasteiger partial charge in [-0.1, -0.05) is 12.8 Å². The molecule has 0 spiro atoms. The van der Waals surface area contributed by atoms with E-state index in [0.29, 0.717) is 49.5 Å². The molecule has 0 saturated carbocycles. The lowest BCUT2D eigenvalue weighted by molar-refractivity contribution is -0.120. The van der Waals surface area contributed by atoms with E-state index in [0.717, 1.165) is 38.5 Å². The molecule has 31 heavy (non-hydrogen) atoms. The van der Waals surface area contributed by atoms with Gasteiger partial charge in [0.05, 0.1) is 13.2 Å². The summed E-state index contributed by atoms with van der Waals surface area (Å²) in [6.07, 6.45) is 9.11. The number of hydroxylamine groups is 1. The molecule has 0 amide bonds. The highest BCUT2D eigenvalue weighted by atomic mass is 31.2. The summed E-state index contributed by atoms with van der Waals surface area (Å²) in [4.78, 5) is 34.8. The lowest BCUT2D eigenvalue weighted by atomic mass is 10.1. The van der Waals surface area contributed by atoms with Crippen LogP contribution < -0.4 is 21.5 Å². The van der Waals surface area contributed by atoms with Crippen LogP contribution in [0.1, 0.15) is 45.4 Å². The van der Waals surface area contributed by atoms with Crippen molar-refractivity contribution < 1.29 is 13.9 Å². The largest absolute Gasteiger partial charge is 0.380 e. The van der Waals surface area contributed by atoms with Gasteiger partial charge < -0.3 is 15.2 Å². The van der Waals surface area contributed by atoms with Gasteiger partial charge in [0, 0.05) is 37.3 Å². The van der Waals surface area contributed by atoms with Gasteiger partial charge in [-0.2, -0.15) is 0 Å².